The molecule has 0 unspecified atom stereocenters. The number of carbonyl (C=O) groups excluding carboxylic acids is 1. The predicted molar refractivity (Wildman–Crippen MR) is 65.4 cm³/mol. The van der Waals surface area contributed by atoms with Crippen molar-refractivity contribution in [3.05, 3.63) is 34.8 Å². The molecule has 104 valence electrons. The molecule has 19 heavy (non-hydrogen) atoms. The Balaban J connectivity index is 2.70. The minimum Gasteiger partial charge on any atom is -0.618 e. The summed E-state index contributed by atoms with van der Waals surface area (Å²) < 4.78 is 5.49. The van der Waals surface area contributed by atoms with E-state index in [9.17, 15) is 14.8 Å². The van der Waals surface area contributed by atoms with Gasteiger partial charge in [-0.15, -0.1) is 0 Å². The smallest absolute Gasteiger partial charge is 0.408 e. The van der Waals surface area contributed by atoms with Gasteiger partial charge in [-0.2, -0.15) is 4.73 Å². The van der Waals surface area contributed by atoms with Crippen LogP contribution >= 0.6 is 0 Å². The number of nitrogens with zero attached hydrogens (tertiary/aromatic N) is 1. The highest BCUT2D eigenvalue weighted by Gasteiger charge is 2.17. The molecule has 0 fully saturated rings. The van der Waals surface area contributed by atoms with Crippen LogP contribution in [0.15, 0.2) is 18.3 Å². The molecule has 0 radical (unpaired) electrons. The third-order valence-electron chi connectivity index (χ3n) is 2.05. The van der Waals surface area contributed by atoms with E-state index in [1.54, 1.807) is 20.8 Å². The monoisotopic (exact) mass is 268 g/mol. The molecule has 1 rings (SSSR count). The van der Waals surface area contributed by atoms with E-state index in [2.05, 4.69) is 5.32 Å². The number of carboxylic acids is 1. The molecule has 1 aromatic heterocycles. The Morgan fingerprint density at radius 1 is 1.47 bits per heavy atom. The molecule has 0 aliphatic carbocycles. The number of rotatable bonds is 3. The van der Waals surface area contributed by atoms with Crippen molar-refractivity contribution in [1.82, 2.24) is 5.32 Å². The molecule has 7 nitrogen and oxygen atoms in total. The summed E-state index contributed by atoms with van der Waals surface area (Å²) in [7, 11) is 0. The molecule has 0 bridgehead atoms. The second-order valence-corrected chi connectivity index (χ2v) is 4.89. The molecule has 0 aliphatic rings. The van der Waals surface area contributed by atoms with Gasteiger partial charge in [-0.25, -0.2) is 9.59 Å². The maximum Gasteiger partial charge on any atom is 0.408 e. The van der Waals surface area contributed by atoms with E-state index in [0.29, 0.717) is 4.73 Å². The average molecular weight is 268 g/mol. The number of carbonyl (C=O) groups is 2. The Morgan fingerprint density at radius 3 is 2.63 bits per heavy atom. The van der Waals surface area contributed by atoms with Crippen LogP contribution in [0.5, 0.6) is 0 Å². The summed E-state index contributed by atoms with van der Waals surface area (Å²) in [6.07, 6.45) is 0.406. The second-order valence-electron chi connectivity index (χ2n) is 4.89. The highest BCUT2D eigenvalue weighted by molar-refractivity contribution is 5.87. The van der Waals surface area contributed by atoms with E-state index >= 15 is 0 Å². The normalized spacial score (nSPS) is 10.9. The summed E-state index contributed by atoms with van der Waals surface area (Å²) in [6, 6.07) is 2.39. The number of amides is 1. The van der Waals surface area contributed by atoms with Crippen molar-refractivity contribution in [1.29, 1.82) is 0 Å². The molecule has 0 atom stereocenters. The van der Waals surface area contributed by atoms with Gasteiger partial charge in [-0.1, -0.05) is 0 Å². The molecule has 0 spiro atoms. The van der Waals surface area contributed by atoms with E-state index in [4.69, 9.17) is 9.84 Å². The highest BCUT2D eigenvalue weighted by Crippen LogP contribution is 2.07. The second kappa shape index (κ2) is 5.55. The van der Waals surface area contributed by atoms with E-state index in [-0.39, 0.29) is 17.8 Å². The van der Waals surface area contributed by atoms with Crippen LogP contribution in [0.2, 0.25) is 0 Å². The lowest BCUT2D eigenvalue weighted by molar-refractivity contribution is -0.614. The van der Waals surface area contributed by atoms with Crippen molar-refractivity contribution >= 4 is 12.1 Å². The third kappa shape index (κ3) is 4.82. The molecule has 1 heterocycles. The summed E-state index contributed by atoms with van der Waals surface area (Å²) in [5.41, 5.74) is -0.542. The predicted octanol–water partition coefficient (Wildman–Crippen LogP) is 1.04. The van der Waals surface area contributed by atoms with Crippen LogP contribution < -0.4 is 10.0 Å². The van der Waals surface area contributed by atoms with E-state index in [1.165, 1.54) is 12.1 Å². The van der Waals surface area contributed by atoms with Crippen LogP contribution in [0.3, 0.4) is 0 Å². The topological polar surface area (TPSA) is 103 Å². The summed E-state index contributed by atoms with van der Waals surface area (Å²) in [5, 5.41) is 22.6. The van der Waals surface area contributed by atoms with Crippen molar-refractivity contribution in [3.8, 4) is 0 Å². The third-order valence-corrected chi connectivity index (χ3v) is 2.05. The zero-order chi connectivity index (χ0) is 14.6. The number of nitrogens with one attached hydrogen (secondary N) is 1. The zero-order valence-electron chi connectivity index (χ0n) is 11.0. The Bertz CT molecular complexity index is 493. The van der Waals surface area contributed by atoms with Gasteiger partial charge in [0.15, 0.2) is 6.20 Å². The molecular formula is C12H16N2O5. The Labute approximate surface area is 110 Å². The van der Waals surface area contributed by atoms with Gasteiger partial charge in [0.2, 0.25) is 5.69 Å². The molecule has 0 saturated heterocycles. The Kier molecular flexibility index (Phi) is 4.31. The number of aromatic nitrogens is 1. The molecule has 2 N–H and O–H groups in total. The van der Waals surface area contributed by atoms with Gasteiger partial charge >= 0.3 is 12.1 Å². The van der Waals surface area contributed by atoms with E-state index in [0.717, 1.165) is 6.20 Å². The van der Waals surface area contributed by atoms with Gasteiger partial charge in [0.05, 0.1) is 5.56 Å². The minimum atomic E-state index is -1.14. The fraction of sp³-hybridized carbons (Fsp3) is 0.417. The first-order valence-electron chi connectivity index (χ1n) is 5.61. The van der Waals surface area contributed by atoms with Crippen molar-refractivity contribution in [2.24, 2.45) is 0 Å². The molecule has 7 heteroatoms. The Morgan fingerprint density at radius 2 is 2.11 bits per heavy atom. The number of hydrogen-bond donors (Lipinski definition) is 2. The largest absolute Gasteiger partial charge is 0.618 e. The average Bonchev–Trinajstić information content (AvgIpc) is 2.25. The summed E-state index contributed by atoms with van der Waals surface area (Å²) in [5.74, 6) is -1.14. The zero-order valence-corrected chi connectivity index (χ0v) is 11.0. The fourth-order valence-electron chi connectivity index (χ4n) is 1.27. The van der Waals surface area contributed by atoms with Crippen molar-refractivity contribution in [2.75, 3.05) is 0 Å². The van der Waals surface area contributed by atoms with Crippen molar-refractivity contribution in [3.63, 3.8) is 0 Å². The molecule has 1 amide bonds. The van der Waals surface area contributed by atoms with E-state index in [1.807, 2.05) is 0 Å². The lowest BCUT2D eigenvalue weighted by atomic mass is 10.2. The molecule has 0 saturated carbocycles. The molecule has 0 aromatic carbocycles. The summed E-state index contributed by atoms with van der Waals surface area (Å²) in [4.78, 5) is 22.2. The van der Waals surface area contributed by atoms with Crippen LogP contribution in [-0.2, 0) is 11.3 Å². The first-order chi connectivity index (χ1) is 8.69. The molecule has 1 aromatic rings. The van der Waals surface area contributed by atoms with Crippen molar-refractivity contribution in [2.45, 2.75) is 32.9 Å². The number of hydrogen-bond acceptors (Lipinski definition) is 4. The first-order valence-corrected chi connectivity index (χ1v) is 5.61. The molecule has 0 aliphatic heterocycles. The summed E-state index contributed by atoms with van der Waals surface area (Å²) in [6.45, 7) is 5.03. The van der Waals surface area contributed by atoms with Gasteiger partial charge in [0.25, 0.3) is 0 Å². The highest BCUT2D eigenvalue weighted by atomic mass is 16.6. The van der Waals surface area contributed by atoms with Gasteiger partial charge < -0.3 is 20.4 Å². The van der Waals surface area contributed by atoms with Gasteiger partial charge in [-0.3, -0.25) is 0 Å². The quantitative estimate of drug-likeness (QED) is 0.630. The number of carboxylic acid groups (broad SMARTS) is 1. The van der Waals surface area contributed by atoms with Crippen LogP contribution in [0, 0.1) is 5.21 Å². The summed E-state index contributed by atoms with van der Waals surface area (Å²) >= 11 is 0. The Hall–Kier alpha value is -2.31. The number of alkyl carbamates (subject to hydrolysis) is 1. The first kappa shape index (κ1) is 14.7. The van der Waals surface area contributed by atoms with Crippen LogP contribution in [0.1, 0.15) is 36.8 Å². The maximum atomic E-state index is 11.4. The van der Waals surface area contributed by atoms with E-state index < -0.39 is 17.7 Å². The lowest BCUT2D eigenvalue weighted by Crippen LogP contribution is -2.38. The number of pyridine rings is 1. The minimum absolute atomic E-state index is 0.0203. The van der Waals surface area contributed by atoms with Crippen molar-refractivity contribution < 1.29 is 24.2 Å². The fourth-order valence-corrected chi connectivity index (χ4v) is 1.27. The van der Waals surface area contributed by atoms with Crippen LogP contribution in [-0.4, -0.2) is 22.8 Å². The van der Waals surface area contributed by atoms with Gasteiger partial charge in [0.1, 0.15) is 12.1 Å². The molecular weight excluding hydrogens is 252 g/mol. The van der Waals surface area contributed by atoms with Gasteiger partial charge in [-0.05, 0) is 20.8 Å². The van der Waals surface area contributed by atoms with Crippen LogP contribution in [0.4, 0.5) is 4.79 Å². The SMILES string of the molecule is CC(C)(C)OC(=O)NCc1cc(C(=O)O)cc[n+]1[O-]. The van der Waals surface area contributed by atoms with Gasteiger partial charge in [0, 0.05) is 12.1 Å². The van der Waals surface area contributed by atoms with Crippen LogP contribution in [0.25, 0.3) is 0 Å². The number of aromatic carboxylic acids is 1. The standard InChI is InChI=1S/C12H16N2O5/c1-12(2,3)19-11(17)13-7-9-6-8(10(15)16)4-5-14(9)18/h4-6H,7H2,1-3H3,(H,13,17)(H,15,16). The lowest BCUT2D eigenvalue weighted by Gasteiger charge is -2.19. The maximum absolute atomic E-state index is 11.4. The number of ether oxygens (including phenoxy) is 1.